The molecular weight excluding hydrogens is 628 g/mol. The lowest BCUT2D eigenvalue weighted by Gasteiger charge is -2.59. The van der Waals surface area contributed by atoms with Gasteiger partial charge in [-0.05, 0) is 155 Å². The van der Waals surface area contributed by atoms with Crippen molar-refractivity contribution in [2.75, 3.05) is 18.1 Å². The molecule has 1 atom stereocenters. The van der Waals surface area contributed by atoms with Gasteiger partial charge in [0.1, 0.15) is 23.9 Å². The summed E-state index contributed by atoms with van der Waals surface area (Å²) in [7, 11) is 0. The van der Waals surface area contributed by atoms with Crippen molar-refractivity contribution in [2.45, 2.75) is 164 Å². The number of ether oxygens (including phenoxy) is 4. The van der Waals surface area contributed by atoms with Gasteiger partial charge in [0.2, 0.25) is 0 Å². The van der Waals surface area contributed by atoms with E-state index in [1.54, 1.807) is 0 Å². The predicted molar refractivity (Wildman–Crippen MR) is 190 cm³/mol. The molecule has 276 valence electrons. The maximum absolute atomic E-state index is 12.5. The van der Waals surface area contributed by atoms with Gasteiger partial charge < -0.3 is 18.9 Å². The van der Waals surface area contributed by atoms with Crippen LogP contribution in [-0.2, 0) is 38.1 Å². The number of carbonyl (C=O) groups is 4. The summed E-state index contributed by atoms with van der Waals surface area (Å²) in [6.45, 7) is 22.1. The second-order valence-electron chi connectivity index (χ2n) is 17.5. The summed E-state index contributed by atoms with van der Waals surface area (Å²) in [5, 5.41) is 0. The molecule has 0 aromatic rings. The van der Waals surface area contributed by atoms with Crippen LogP contribution < -0.4 is 0 Å². The van der Waals surface area contributed by atoms with Gasteiger partial charge in [-0.3, -0.25) is 19.2 Å². The van der Waals surface area contributed by atoms with Crippen molar-refractivity contribution in [3.8, 4) is 0 Å². The van der Waals surface area contributed by atoms with Crippen molar-refractivity contribution < 1.29 is 38.1 Å². The molecule has 4 aliphatic carbocycles. The quantitative estimate of drug-likeness (QED) is 0.173. The van der Waals surface area contributed by atoms with E-state index < -0.39 is 5.41 Å². The van der Waals surface area contributed by atoms with Gasteiger partial charge in [0.25, 0.3) is 0 Å². The number of carbonyl (C=O) groups excluding carboxylic acids is 4. The number of hydrogen-bond donors (Lipinski definition) is 0. The van der Waals surface area contributed by atoms with Crippen LogP contribution in [0, 0.1) is 39.9 Å². The molecule has 2 saturated heterocycles. The van der Waals surface area contributed by atoms with Crippen molar-refractivity contribution in [1.29, 1.82) is 0 Å². The first-order valence-electron chi connectivity index (χ1n) is 18.6. The highest BCUT2D eigenvalue weighted by Crippen LogP contribution is 2.59. The van der Waals surface area contributed by atoms with Crippen LogP contribution in [0.1, 0.15) is 147 Å². The highest BCUT2D eigenvalue weighted by molar-refractivity contribution is 7.99. The smallest absolute Gasteiger partial charge is 0.312 e. The third kappa shape index (κ3) is 10.2. The van der Waals surface area contributed by atoms with Crippen LogP contribution in [0.25, 0.3) is 0 Å². The van der Waals surface area contributed by atoms with E-state index in [0.29, 0.717) is 18.3 Å². The summed E-state index contributed by atoms with van der Waals surface area (Å²) in [6.07, 6.45) is 10.8. The second-order valence-corrected chi connectivity index (χ2v) is 18.7. The summed E-state index contributed by atoms with van der Waals surface area (Å²) in [6, 6.07) is 0. The molecule has 4 bridgehead atoms. The molecule has 2 heterocycles. The first kappa shape index (κ1) is 40.7. The first-order valence-corrected chi connectivity index (χ1v) is 19.8. The van der Waals surface area contributed by atoms with Crippen molar-refractivity contribution >= 4 is 35.6 Å². The Labute approximate surface area is 295 Å². The Morgan fingerprint density at radius 3 is 1.58 bits per heavy atom. The van der Waals surface area contributed by atoms with Crippen LogP contribution in [0.3, 0.4) is 0 Å². The fraction of sp³-hybridized carbons (Fsp3) is 0.897. The van der Waals surface area contributed by atoms with Crippen molar-refractivity contribution in [1.82, 2.24) is 0 Å². The van der Waals surface area contributed by atoms with Crippen molar-refractivity contribution in [2.24, 2.45) is 39.9 Å². The van der Waals surface area contributed by atoms with Crippen molar-refractivity contribution in [3.63, 3.8) is 0 Å². The lowest BCUT2D eigenvalue weighted by atomic mass is 9.50. The summed E-state index contributed by atoms with van der Waals surface area (Å²) >= 11 is 1.95. The minimum Gasteiger partial charge on any atom is -0.462 e. The Kier molecular flexibility index (Phi) is 13.6. The fourth-order valence-corrected chi connectivity index (χ4v) is 8.56. The summed E-state index contributed by atoms with van der Waals surface area (Å²) in [5.74, 6) is 4.74. The van der Waals surface area contributed by atoms with Crippen molar-refractivity contribution in [3.05, 3.63) is 0 Å². The molecular formula is C39H66O8S. The van der Waals surface area contributed by atoms with Gasteiger partial charge in [-0.25, -0.2) is 0 Å². The fourth-order valence-electron chi connectivity index (χ4n) is 7.20. The molecule has 0 spiro atoms. The monoisotopic (exact) mass is 694 g/mol. The molecule has 9 heteroatoms. The van der Waals surface area contributed by atoms with E-state index in [9.17, 15) is 19.2 Å². The highest BCUT2D eigenvalue weighted by Gasteiger charge is 2.57. The van der Waals surface area contributed by atoms with E-state index in [0.717, 1.165) is 49.0 Å². The maximum Gasteiger partial charge on any atom is 0.312 e. The van der Waals surface area contributed by atoms with E-state index in [-0.39, 0.29) is 65.0 Å². The third-order valence-corrected chi connectivity index (χ3v) is 13.4. The molecule has 4 saturated carbocycles. The molecule has 2 aliphatic heterocycles. The minimum atomic E-state index is -0.481. The van der Waals surface area contributed by atoms with E-state index >= 15 is 0 Å². The number of rotatable bonds is 9. The SMILES string of the molecule is CCC(C)(C)C(=O)OC1(C)C2CC3CC(C2)CC1C3.CCC(C)(C)C(=O)OC1(C)CCSCC1.CCC(C)(C)C(=O)OC1COC(=O)C1. The van der Waals surface area contributed by atoms with E-state index in [1.165, 1.54) is 32.1 Å². The minimum absolute atomic E-state index is 0.0185. The Morgan fingerprint density at radius 1 is 0.729 bits per heavy atom. The Hall–Kier alpha value is -1.77. The van der Waals surface area contributed by atoms with Crippen LogP contribution in [0.15, 0.2) is 0 Å². The van der Waals surface area contributed by atoms with Crippen LogP contribution >= 0.6 is 11.8 Å². The van der Waals surface area contributed by atoms with Gasteiger partial charge in [0.15, 0.2) is 0 Å². The molecule has 0 aromatic carbocycles. The zero-order valence-electron chi connectivity index (χ0n) is 32.0. The van der Waals surface area contributed by atoms with Crippen LogP contribution in [0.4, 0.5) is 0 Å². The van der Waals surface area contributed by atoms with Gasteiger partial charge in [0, 0.05) is 0 Å². The zero-order chi connectivity index (χ0) is 36.1. The molecule has 8 nitrogen and oxygen atoms in total. The van der Waals surface area contributed by atoms with Crippen LogP contribution in [0.5, 0.6) is 0 Å². The van der Waals surface area contributed by atoms with Crippen LogP contribution in [0.2, 0.25) is 0 Å². The van der Waals surface area contributed by atoms with Gasteiger partial charge in [-0.2, -0.15) is 11.8 Å². The lowest BCUT2D eigenvalue weighted by molar-refractivity contribution is -0.211. The number of hydrogen-bond acceptors (Lipinski definition) is 9. The molecule has 0 N–H and O–H groups in total. The molecule has 0 aromatic heterocycles. The summed E-state index contributed by atoms with van der Waals surface area (Å²) in [4.78, 5) is 46.7. The summed E-state index contributed by atoms with van der Waals surface area (Å²) in [5.41, 5.74) is -1.54. The number of thioether (sulfide) groups is 1. The molecule has 48 heavy (non-hydrogen) atoms. The van der Waals surface area contributed by atoms with Gasteiger partial charge in [-0.1, -0.05) is 20.8 Å². The molecule has 0 radical (unpaired) electrons. The predicted octanol–water partition coefficient (Wildman–Crippen LogP) is 8.71. The van der Waals surface area contributed by atoms with Crippen LogP contribution in [-0.4, -0.2) is 59.3 Å². The molecule has 6 aliphatic rings. The molecule has 6 fully saturated rings. The third-order valence-electron chi connectivity index (χ3n) is 12.4. The van der Waals surface area contributed by atoms with E-state index in [4.69, 9.17) is 18.9 Å². The average molecular weight is 695 g/mol. The first-order chi connectivity index (χ1) is 22.2. The summed E-state index contributed by atoms with van der Waals surface area (Å²) < 4.78 is 21.7. The highest BCUT2D eigenvalue weighted by atomic mass is 32.2. The standard InChI is InChI=1S/C17H28O2.C12H22O2S.C10H16O4/c1-5-16(2,3)15(18)19-17(4)13-7-11-6-12(9-13)10-14(17)8-11;1-5-11(2,3)10(13)14-12(4)6-8-15-9-7-12;1-4-10(2,3)9(12)14-7-5-8(11)13-6-7/h11-14H,5-10H2,1-4H3;5-9H2,1-4H3;7H,4-6H2,1-3H3. The van der Waals surface area contributed by atoms with Gasteiger partial charge in [-0.15, -0.1) is 0 Å². The zero-order valence-corrected chi connectivity index (χ0v) is 32.8. The van der Waals surface area contributed by atoms with E-state index in [2.05, 4.69) is 20.8 Å². The Bertz CT molecular complexity index is 1110. The number of esters is 4. The molecule has 1 unspecified atom stereocenters. The largest absolute Gasteiger partial charge is 0.462 e. The second kappa shape index (κ2) is 16.1. The molecule has 0 amide bonds. The van der Waals surface area contributed by atoms with E-state index in [1.807, 2.05) is 67.2 Å². The normalized spacial score (nSPS) is 30.6. The Balaban J connectivity index is 0.000000199. The lowest BCUT2D eigenvalue weighted by Crippen LogP contribution is -2.58. The maximum atomic E-state index is 12.5. The Morgan fingerprint density at radius 2 is 1.17 bits per heavy atom. The average Bonchev–Trinajstić information content (AvgIpc) is 3.44. The van der Waals surface area contributed by atoms with Gasteiger partial charge >= 0.3 is 23.9 Å². The van der Waals surface area contributed by atoms with Gasteiger partial charge in [0.05, 0.1) is 22.7 Å². The number of cyclic esters (lactones) is 1. The molecule has 6 rings (SSSR count). The topological polar surface area (TPSA) is 105 Å².